The number of pyridine rings is 1. The second-order valence-electron chi connectivity index (χ2n) is 3.64. The summed E-state index contributed by atoms with van der Waals surface area (Å²) in [6.07, 6.45) is 0. The highest BCUT2D eigenvalue weighted by molar-refractivity contribution is 5.62. The maximum absolute atomic E-state index is 5.61. The summed E-state index contributed by atoms with van der Waals surface area (Å²) in [4.78, 5) is 4.16. The molecule has 0 saturated carbocycles. The zero-order valence-corrected chi connectivity index (χ0v) is 9.01. The van der Waals surface area contributed by atoms with E-state index in [0.29, 0.717) is 11.6 Å². The lowest BCUT2D eigenvalue weighted by Gasteiger charge is -2.06. The van der Waals surface area contributed by atoms with Crippen LogP contribution < -0.4 is 20.5 Å². The van der Waals surface area contributed by atoms with Crippen LogP contribution >= 0.6 is 0 Å². The highest BCUT2D eigenvalue weighted by Crippen LogP contribution is 2.34. The Morgan fingerprint density at radius 3 is 2.88 bits per heavy atom. The lowest BCUT2D eigenvalue weighted by Crippen LogP contribution is -1.96. The van der Waals surface area contributed by atoms with E-state index in [1.165, 1.54) is 0 Å². The first-order chi connectivity index (χ1) is 8.31. The second-order valence-corrected chi connectivity index (χ2v) is 3.64. The monoisotopic (exact) mass is 229 g/mol. The normalized spacial score (nSPS) is 12.5. The molecule has 86 valence electrons. The molecule has 0 saturated heterocycles. The molecule has 5 heteroatoms. The fourth-order valence-electron chi connectivity index (χ4n) is 1.64. The van der Waals surface area contributed by atoms with Gasteiger partial charge in [-0.15, -0.1) is 0 Å². The van der Waals surface area contributed by atoms with Gasteiger partial charge in [0, 0.05) is 11.8 Å². The summed E-state index contributed by atoms with van der Waals surface area (Å²) in [5, 5.41) is 3.15. The van der Waals surface area contributed by atoms with Gasteiger partial charge >= 0.3 is 0 Å². The van der Waals surface area contributed by atoms with Crippen molar-refractivity contribution in [2.75, 3.05) is 17.8 Å². The topological polar surface area (TPSA) is 69.4 Å². The van der Waals surface area contributed by atoms with E-state index in [-0.39, 0.29) is 6.79 Å². The number of benzene rings is 1. The smallest absolute Gasteiger partial charge is 0.231 e. The van der Waals surface area contributed by atoms with Crippen LogP contribution in [0.1, 0.15) is 0 Å². The number of hydrogen-bond donors (Lipinski definition) is 2. The van der Waals surface area contributed by atoms with Crippen LogP contribution in [0.3, 0.4) is 0 Å². The Hall–Kier alpha value is -2.43. The molecule has 3 rings (SSSR count). The van der Waals surface area contributed by atoms with Gasteiger partial charge in [-0.2, -0.15) is 0 Å². The molecule has 0 atom stereocenters. The van der Waals surface area contributed by atoms with Crippen molar-refractivity contribution in [1.29, 1.82) is 0 Å². The largest absolute Gasteiger partial charge is 0.454 e. The molecule has 2 aromatic rings. The predicted octanol–water partition coefficient (Wildman–Crippen LogP) is 2.14. The van der Waals surface area contributed by atoms with Crippen molar-refractivity contribution >= 4 is 17.3 Å². The molecule has 1 aromatic carbocycles. The number of rotatable bonds is 2. The van der Waals surface area contributed by atoms with Crippen LogP contribution in [0.25, 0.3) is 0 Å². The molecule has 17 heavy (non-hydrogen) atoms. The number of aromatic nitrogens is 1. The Morgan fingerprint density at radius 1 is 1.12 bits per heavy atom. The Kier molecular flexibility index (Phi) is 2.22. The van der Waals surface area contributed by atoms with Gasteiger partial charge in [0.15, 0.2) is 11.5 Å². The highest BCUT2D eigenvalue weighted by Gasteiger charge is 2.13. The van der Waals surface area contributed by atoms with Crippen molar-refractivity contribution in [2.24, 2.45) is 0 Å². The van der Waals surface area contributed by atoms with Gasteiger partial charge in [-0.25, -0.2) is 4.98 Å². The van der Waals surface area contributed by atoms with Gasteiger partial charge in [0.2, 0.25) is 6.79 Å². The summed E-state index contributed by atoms with van der Waals surface area (Å²) >= 11 is 0. The van der Waals surface area contributed by atoms with E-state index in [1.54, 1.807) is 6.07 Å². The van der Waals surface area contributed by atoms with Gasteiger partial charge in [0.05, 0.1) is 0 Å². The minimum absolute atomic E-state index is 0.273. The number of anilines is 3. The van der Waals surface area contributed by atoms with Crippen molar-refractivity contribution in [3.05, 3.63) is 36.4 Å². The molecule has 3 N–H and O–H groups in total. The Balaban J connectivity index is 1.86. The third-order valence-electron chi connectivity index (χ3n) is 2.42. The van der Waals surface area contributed by atoms with Crippen molar-refractivity contribution in [2.45, 2.75) is 0 Å². The standard InChI is InChI=1S/C12H11N3O2/c13-11-2-1-3-12(15-11)14-8-4-5-9-10(6-8)17-7-16-9/h1-6H,7H2,(H3,13,14,15). The van der Waals surface area contributed by atoms with Crippen LogP contribution in [0.2, 0.25) is 0 Å². The average Bonchev–Trinajstić information content (AvgIpc) is 2.76. The van der Waals surface area contributed by atoms with E-state index < -0.39 is 0 Å². The van der Waals surface area contributed by atoms with Crippen molar-refractivity contribution < 1.29 is 9.47 Å². The number of nitrogens with two attached hydrogens (primary N) is 1. The first-order valence-electron chi connectivity index (χ1n) is 5.20. The molecule has 0 unspecified atom stereocenters. The number of nitrogens with zero attached hydrogens (tertiary/aromatic N) is 1. The fraction of sp³-hybridized carbons (Fsp3) is 0.0833. The van der Waals surface area contributed by atoms with E-state index in [9.17, 15) is 0 Å². The zero-order valence-electron chi connectivity index (χ0n) is 9.01. The number of fused-ring (bicyclic) bond motifs is 1. The van der Waals surface area contributed by atoms with Crippen LogP contribution in [0.15, 0.2) is 36.4 Å². The molecule has 0 radical (unpaired) electrons. The van der Waals surface area contributed by atoms with Crippen molar-refractivity contribution in [1.82, 2.24) is 4.98 Å². The van der Waals surface area contributed by atoms with Crippen LogP contribution in [-0.2, 0) is 0 Å². The summed E-state index contributed by atoms with van der Waals surface area (Å²) < 4.78 is 10.5. The first-order valence-corrected chi connectivity index (χ1v) is 5.20. The Labute approximate surface area is 98.2 Å². The third kappa shape index (κ3) is 1.94. The Bertz CT molecular complexity index is 557. The summed E-state index contributed by atoms with van der Waals surface area (Å²) in [7, 11) is 0. The first kappa shape index (κ1) is 9.77. The molecule has 0 aliphatic carbocycles. The van der Waals surface area contributed by atoms with Crippen LogP contribution in [0.5, 0.6) is 11.5 Å². The lowest BCUT2D eigenvalue weighted by molar-refractivity contribution is 0.174. The Morgan fingerprint density at radius 2 is 2.00 bits per heavy atom. The maximum Gasteiger partial charge on any atom is 0.231 e. The molecule has 1 aliphatic heterocycles. The molecular formula is C12H11N3O2. The van der Waals surface area contributed by atoms with Gasteiger partial charge < -0.3 is 20.5 Å². The van der Waals surface area contributed by atoms with Gasteiger partial charge in [-0.1, -0.05) is 6.07 Å². The van der Waals surface area contributed by atoms with E-state index in [0.717, 1.165) is 17.2 Å². The molecule has 2 heterocycles. The molecular weight excluding hydrogens is 218 g/mol. The van der Waals surface area contributed by atoms with E-state index in [1.807, 2.05) is 30.3 Å². The van der Waals surface area contributed by atoms with Crippen molar-refractivity contribution in [3.63, 3.8) is 0 Å². The number of ether oxygens (including phenoxy) is 2. The fourth-order valence-corrected chi connectivity index (χ4v) is 1.64. The predicted molar refractivity (Wildman–Crippen MR) is 64.5 cm³/mol. The number of nitrogens with one attached hydrogen (secondary N) is 1. The van der Waals surface area contributed by atoms with E-state index in [2.05, 4.69) is 10.3 Å². The van der Waals surface area contributed by atoms with Crippen molar-refractivity contribution in [3.8, 4) is 11.5 Å². The summed E-state index contributed by atoms with van der Waals surface area (Å²) in [6.45, 7) is 0.273. The molecule has 0 fully saturated rings. The maximum atomic E-state index is 5.61. The van der Waals surface area contributed by atoms with Gasteiger partial charge in [-0.3, -0.25) is 0 Å². The van der Waals surface area contributed by atoms with E-state index >= 15 is 0 Å². The summed E-state index contributed by atoms with van der Waals surface area (Å²) in [5.41, 5.74) is 6.49. The molecule has 0 amide bonds. The van der Waals surface area contributed by atoms with Crippen LogP contribution in [0.4, 0.5) is 17.3 Å². The van der Waals surface area contributed by atoms with E-state index in [4.69, 9.17) is 15.2 Å². The average molecular weight is 229 g/mol. The van der Waals surface area contributed by atoms with Gasteiger partial charge in [0.25, 0.3) is 0 Å². The van der Waals surface area contributed by atoms with Gasteiger partial charge in [-0.05, 0) is 24.3 Å². The quantitative estimate of drug-likeness (QED) is 0.825. The number of hydrogen-bond acceptors (Lipinski definition) is 5. The number of nitrogen functional groups attached to an aromatic ring is 1. The minimum Gasteiger partial charge on any atom is -0.454 e. The minimum atomic E-state index is 0.273. The molecule has 0 bridgehead atoms. The summed E-state index contributed by atoms with van der Waals surface area (Å²) in [6, 6.07) is 11.1. The van der Waals surface area contributed by atoms with Gasteiger partial charge in [0.1, 0.15) is 11.6 Å². The van der Waals surface area contributed by atoms with Crippen LogP contribution in [-0.4, -0.2) is 11.8 Å². The SMILES string of the molecule is Nc1cccc(Nc2ccc3c(c2)OCO3)n1. The molecule has 5 nitrogen and oxygen atoms in total. The third-order valence-corrected chi connectivity index (χ3v) is 2.42. The lowest BCUT2D eigenvalue weighted by atomic mass is 10.3. The second kappa shape index (κ2) is 3.86. The highest BCUT2D eigenvalue weighted by atomic mass is 16.7. The van der Waals surface area contributed by atoms with Crippen LogP contribution in [0, 0.1) is 0 Å². The summed E-state index contributed by atoms with van der Waals surface area (Å²) in [5.74, 6) is 2.68. The molecule has 1 aliphatic rings. The molecule has 0 spiro atoms. The zero-order chi connectivity index (χ0) is 11.7. The molecule has 1 aromatic heterocycles.